The van der Waals surface area contributed by atoms with E-state index in [2.05, 4.69) is 158 Å². The Labute approximate surface area is 258 Å². The van der Waals surface area contributed by atoms with Gasteiger partial charge in [-0.05, 0) is 100 Å². The van der Waals surface area contributed by atoms with Crippen LogP contribution in [-0.4, -0.2) is 9.13 Å². The van der Waals surface area contributed by atoms with Crippen molar-refractivity contribution in [3.05, 3.63) is 132 Å². The van der Waals surface area contributed by atoms with Gasteiger partial charge in [0.2, 0.25) is 0 Å². The number of hydrogen-bond donors (Lipinski definition) is 0. The maximum absolute atomic E-state index is 2.55. The smallest absolute Gasteiger partial charge is 0.0549 e. The minimum atomic E-state index is 0.140. The Hall–Kier alpha value is -4.82. The van der Waals surface area contributed by atoms with Gasteiger partial charge >= 0.3 is 0 Å². The van der Waals surface area contributed by atoms with Gasteiger partial charge in [-0.25, -0.2) is 0 Å². The van der Waals surface area contributed by atoms with Crippen molar-refractivity contribution < 1.29 is 0 Å². The molecule has 8 aromatic rings. The summed E-state index contributed by atoms with van der Waals surface area (Å²) in [7, 11) is 0. The SMILES string of the molecule is CC1(C)CCC(C)(C)c2cc3c(cc21)c1cc2c(cc1n3-c1ccccc1)c1c3ccccc3ccc1n2-c1ccccc1. The Bertz CT molecular complexity index is 2420. The normalized spacial score (nSPS) is 15.9. The van der Waals surface area contributed by atoms with E-state index in [-0.39, 0.29) is 10.8 Å². The molecule has 2 aromatic heterocycles. The highest BCUT2D eigenvalue weighted by molar-refractivity contribution is 6.25. The molecule has 0 amide bonds. The minimum Gasteiger partial charge on any atom is -0.309 e. The highest BCUT2D eigenvalue weighted by Gasteiger charge is 2.38. The molecule has 0 unspecified atom stereocenters. The van der Waals surface area contributed by atoms with Crippen molar-refractivity contribution >= 4 is 54.4 Å². The molecule has 0 spiro atoms. The summed E-state index contributed by atoms with van der Waals surface area (Å²) in [5.41, 5.74) is 10.7. The summed E-state index contributed by atoms with van der Waals surface area (Å²) < 4.78 is 4.98. The molecular weight excluding hydrogens is 532 g/mol. The standard InChI is InChI=1S/C42H36N2/c1-41(2)21-22-42(3,4)35-26-39-31(23-34(35)41)32-24-38-33(25-37(32)44(39)29-16-9-6-10-17-29)40-30-18-12-11-13-27(30)19-20-36(40)43(38)28-14-7-5-8-15-28/h5-20,23-26H,21-22H2,1-4H3. The first-order valence-corrected chi connectivity index (χ1v) is 15.9. The number of nitrogens with zero attached hydrogens (tertiary/aromatic N) is 2. The van der Waals surface area contributed by atoms with Gasteiger partial charge in [0.05, 0.1) is 22.1 Å². The minimum absolute atomic E-state index is 0.140. The van der Waals surface area contributed by atoms with E-state index in [0.717, 1.165) is 0 Å². The number of hydrogen-bond acceptors (Lipinski definition) is 0. The monoisotopic (exact) mass is 568 g/mol. The summed E-state index contributed by atoms with van der Waals surface area (Å²) >= 11 is 0. The third kappa shape index (κ3) is 3.48. The van der Waals surface area contributed by atoms with Crippen LogP contribution >= 0.6 is 0 Å². The second kappa shape index (κ2) is 8.86. The third-order valence-corrected chi connectivity index (χ3v) is 10.5. The highest BCUT2D eigenvalue weighted by Crippen LogP contribution is 2.49. The molecule has 6 aromatic carbocycles. The summed E-state index contributed by atoms with van der Waals surface area (Å²) in [5.74, 6) is 0. The third-order valence-electron chi connectivity index (χ3n) is 10.5. The van der Waals surface area contributed by atoms with Gasteiger partial charge < -0.3 is 9.13 Å². The van der Waals surface area contributed by atoms with E-state index in [4.69, 9.17) is 0 Å². The summed E-state index contributed by atoms with van der Waals surface area (Å²) in [4.78, 5) is 0. The lowest BCUT2D eigenvalue weighted by atomic mass is 9.63. The van der Waals surface area contributed by atoms with Crippen molar-refractivity contribution in [2.24, 2.45) is 0 Å². The van der Waals surface area contributed by atoms with E-state index in [1.807, 2.05) is 0 Å². The van der Waals surface area contributed by atoms with Gasteiger partial charge in [0.15, 0.2) is 0 Å². The average Bonchev–Trinajstić information content (AvgIpc) is 3.54. The summed E-state index contributed by atoms with van der Waals surface area (Å²) in [6.07, 6.45) is 2.41. The lowest BCUT2D eigenvalue weighted by Gasteiger charge is -2.42. The van der Waals surface area contributed by atoms with Crippen LogP contribution in [0.2, 0.25) is 0 Å². The fourth-order valence-electron chi connectivity index (χ4n) is 8.07. The van der Waals surface area contributed by atoms with Gasteiger partial charge in [0.25, 0.3) is 0 Å². The van der Waals surface area contributed by atoms with Gasteiger partial charge in [0, 0.05) is 32.9 Å². The summed E-state index contributed by atoms with van der Waals surface area (Å²) in [6.45, 7) is 9.72. The van der Waals surface area contributed by atoms with Crippen LogP contribution in [0.5, 0.6) is 0 Å². The molecule has 0 radical (unpaired) electrons. The molecule has 2 heteroatoms. The quantitative estimate of drug-likeness (QED) is 0.196. The van der Waals surface area contributed by atoms with Crippen LogP contribution < -0.4 is 0 Å². The Kier molecular flexibility index (Phi) is 5.17. The van der Waals surface area contributed by atoms with Gasteiger partial charge in [-0.2, -0.15) is 0 Å². The van der Waals surface area contributed by atoms with E-state index in [0.29, 0.717) is 0 Å². The zero-order valence-electron chi connectivity index (χ0n) is 25.9. The highest BCUT2D eigenvalue weighted by atomic mass is 15.0. The lowest BCUT2D eigenvalue weighted by Crippen LogP contribution is -2.33. The zero-order valence-corrected chi connectivity index (χ0v) is 25.9. The first kappa shape index (κ1) is 25.7. The molecule has 2 nitrogen and oxygen atoms in total. The molecule has 214 valence electrons. The molecule has 9 rings (SSSR count). The first-order valence-electron chi connectivity index (χ1n) is 15.9. The van der Waals surface area contributed by atoms with Crippen LogP contribution in [-0.2, 0) is 10.8 Å². The molecule has 0 N–H and O–H groups in total. The van der Waals surface area contributed by atoms with Crippen LogP contribution in [0.1, 0.15) is 51.7 Å². The molecule has 1 aliphatic carbocycles. The molecular formula is C42H36N2. The van der Waals surface area contributed by atoms with Gasteiger partial charge in [-0.1, -0.05) is 94.4 Å². The Morgan fingerprint density at radius 1 is 0.432 bits per heavy atom. The molecule has 1 aliphatic rings. The predicted octanol–water partition coefficient (Wildman–Crippen LogP) is 11.4. The van der Waals surface area contributed by atoms with Crippen LogP contribution in [0, 0.1) is 0 Å². The molecule has 2 heterocycles. The van der Waals surface area contributed by atoms with E-state index in [1.165, 1.54) is 89.7 Å². The van der Waals surface area contributed by atoms with Crippen molar-refractivity contribution in [1.29, 1.82) is 0 Å². The average molecular weight is 569 g/mol. The van der Waals surface area contributed by atoms with Gasteiger partial charge in [-0.15, -0.1) is 0 Å². The molecule has 0 aliphatic heterocycles. The zero-order chi connectivity index (χ0) is 29.8. The maximum atomic E-state index is 2.55. The van der Waals surface area contributed by atoms with E-state index in [1.54, 1.807) is 0 Å². The Morgan fingerprint density at radius 2 is 0.932 bits per heavy atom. The van der Waals surface area contributed by atoms with Gasteiger partial charge in [-0.3, -0.25) is 0 Å². The largest absolute Gasteiger partial charge is 0.309 e. The molecule has 0 saturated carbocycles. The maximum Gasteiger partial charge on any atom is 0.0549 e. The molecule has 44 heavy (non-hydrogen) atoms. The Balaban J connectivity index is 1.52. The predicted molar refractivity (Wildman–Crippen MR) is 188 cm³/mol. The number of para-hydroxylation sites is 2. The second-order valence-electron chi connectivity index (χ2n) is 14.1. The van der Waals surface area contributed by atoms with E-state index in [9.17, 15) is 0 Å². The first-order chi connectivity index (χ1) is 21.3. The number of benzene rings is 6. The molecule has 0 saturated heterocycles. The summed E-state index contributed by atoms with van der Waals surface area (Å²) in [6, 6.07) is 45.2. The van der Waals surface area contributed by atoms with Crippen LogP contribution in [0.15, 0.2) is 121 Å². The lowest BCUT2D eigenvalue weighted by molar-refractivity contribution is 0.332. The fourth-order valence-corrected chi connectivity index (χ4v) is 8.07. The Morgan fingerprint density at radius 3 is 1.61 bits per heavy atom. The topological polar surface area (TPSA) is 9.86 Å². The molecule has 0 atom stereocenters. The second-order valence-corrected chi connectivity index (χ2v) is 14.1. The van der Waals surface area contributed by atoms with Crippen LogP contribution in [0.4, 0.5) is 0 Å². The molecule has 0 fully saturated rings. The van der Waals surface area contributed by atoms with Crippen LogP contribution in [0.25, 0.3) is 65.8 Å². The van der Waals surface area contributed by atoms with E-state index >= 15 is 0 Å². The fraction of sp³-hybridized carbons (Fsp3) is 0.190. The number of aromatic nitrogens is 2. The number of rotatable bonds is 2. The molecule has 0 bridgehead atoms. The van der Waals surface area contributed by atoms with Crippen molar-refractivity contribution in [2.75, 3.05) is 0 Å². The van der Waals surface area contributed by atoms with Gasteiger partial charge in [0.1, 0.15) is 0 Å². The summed E-state index contributed by atoms with van der Waals surface area (Å²) in [5, 5.41) is 7.82. The number of fused-ring (bicyclic) bond motifs is 9. The van der Waals surface area contributed by atoms with Crippen molar-refractivity contribution in [3.63, 3.8) is 0 Å². The van der Waals surface area contributed by atoms with Crippen LogP contribution in [0.3, 0.4) is 0 Å². The van der Waals surface area contributed by atoms with Crippen molar-refractivity contribution in [1.82, 2.24) is 9.13 Å². The van der Waals surface area contributed by atoms with Crippen molar-refractivity contribution in [3.8, 4) is 11.4 Å². The van der Waals surface area contributed by atoms with Crippen molar-refractivity contribution in [2.45, 2.75) is 51.4 Å². The van der Waals surface area contributed by atoms with E-state index < -0.39 is 0 Å².